The zero-order valence-electron chi connectivity index (χ0n) is 10.6. The van der Waals surface area contributed by atoms with E-state index in [9.17, 15) is 8.42 Å². The van der Waals surface area contributed by atoms with E-state index in [0.717, 1.165) is 0 Å². The van der Waals surface area contributed by atoms with Gasteiger partial charge in [-0.2, -0.15) is 5.26 Å². The van der Waals surface area contributed by atoms with Crippen molar-refractivity contribution in [2.75, 3.05) is 0 Å². The number of hydrogen-bond donors (Lipinski definition) is 0. The summed E-state index contributed by atoms with van der Waals surface area (Å²) in [7, 11) is -3.74. The highest BCUT2D eigenvalue weighted by molar-refractivity contribution is 14.1. The van der Waals surface area contributed by atoms with E-state index in [2.05, 4.69) is 11.1 Å². The fraction of sp³-hybridized carbons (Fsp3) is 0. The van der Waals surface area contributed by atoms with Crippen molar-refractivity contribution in [1.29, 1.82) is 5.26 Å². The highest BCUT2D eigenvalue weighted by atomic mass is 127. The molecule has 0 saturated heterocycles. The number of nitrogens with zero attached hydrogens (tertiary/aromatic N) is 3. The summed E-state index contributed by atoms with van der Waals surface area (Å²) in [5.41, 5.74) is 0.669. The molecule has 0 atom stereocenters. The van der Waals surface area contributed by atoms with Crippen LogP contribution in [-0.2, 0) is 10.0 Å². The Morgan fingerprint density at radius 3 is 2.57 bits per heavy atom. The Morgan fingerprint density at radius 1 is 1.19 bits per heavy atom. The van der Waals surface area contributed by atoms with Crippen LogP contribution in [0.2, 0.25) is 0 Å². The van der Waals surface area contributed by atoms with E-state index >= 15 is 0 Å². The maximum absolute atomic E-state index is 12.8. The molecule has 3 rings (SSSR count). The molecule has 2 heterocycles. The van der Waals surface area contributed by atoms with Crippen molar-refractivity contribution in [3.8, 4) is 6.07 Å². The molecule has 0 spiro atoms. The van der Waals surface area contributed by atoms with Crippen molar-refractivity contribution < 1.29 is 8.42 Å². The van der Waals surface area contributed by atoms with Crippen molar-refractivity contribution in [3.63, 3.8) is 0 Å². The first kappa shape index (κ1) is 14.0. The molecule has 0 aliphatic carbocycles. The van der Waals surface area contributed by atoms with E-state index in [0.29, 0.717) is 14.7 Å². The molecule has 5 nitrogen and oxygen atoms in total. The monoisotopic (exact) mass is 409 g/mol. The van der Waals surface area contributed by atoms with Crippen LogP contribution in [0.5, 0.6) is 0 Å². The summed E-state index contributed by atoms with van der Waals surface area (Å²) in [6.07, 6.45) is 1.44. The second-order valence-electron chi connectivity index (χ2n) is 4.26. The van der Waals surface area contributed by atoms with Crippen LogP contribution in [0.3, 0.4) is 0 Å². The summed E-state index contributed by atoms with van der Waals surface area (Å²) >= 11 is 1.93. The Hall–Kier alpha value is -1.92. The van der Waals surface area contributed by atoms with E-state index in [1.165, 1.54) is 22.3 Å². The number of aromatic nitrogens is 2. The number of rotatable bonds is 2. The lowest BCUT2D eigenvalue weighted by Gasteiger charge is -2.08. The second-order valence-corrected chi connectivity index (χ2v) is 7.15. The lowest BCUT2D eigenvalue weighted by molar-refractivity contribution is 0.588. The van der Waals surface area contributed by atoms with Crippen LogP contribution in [0.4, 0.5) is 0 Å². The van der Waals surface area contributed by atoms with Gasteiger partial charge in [0.15, 0.2) is 5.65 Å². The molecule has 3 aromatic rings. The van der Waals surface area contributed by atoms with Crippen LogP contribution in [0, 0.1) is 15.0 Å². The lowest BCUT2D eigenvalue weighted by atomic mass is 10.2. The number of pyridine rings is 1. The maximum atomic E-state index is 12.8. The Balaban J connectivity index is 2.37. The summed E-state index contributed by atoms with van der Waals surface area (Å²) in [5, 5.41) is 9.65. The fourth-order valence-corrected chi connectivity index (χ4v) is 4.75. The molecule has 0 aliphatic rings. The second kappa shape index (κ2) is 5.13. The van der Waals surface area contributed by atoms with Gasteiger partial charge in [-0.05, 0) is 46.9 Å². The molecule has 0 N–H and O–H groups in total. The molecule has 2 aromatic heterocycles. The van der Waals surface area contributed by atoms with Gasteiger partial charge in [-0.15, -0.1) is 0 Å². The quantitative estimate of drug-likeness (QED) is 0.610. The van der Waals surface area contributed by atoms with E-state index < -0.39 is 10.0 Å². The average molecular weight is 409 g/mol. The molecule has 0 radical (unpaired) electrons. The molecular weight excluding hydrogens is 401 g/mol. The van der Waals surface area contributed by atoms with Crippen LogP contribution in [-0.4, -0.2) is 17.4 Å². The molecule has 0 saturated carbocycles. The molecule has 21 heavy (non-hydrogen) atoms. The van der Waals surface area contributed by atoms with Crippen LogP contribution in [0.25, 0.3) is 11.0 Å². The van der Waals surface area contributed by atoms with Gasteiger partial charge in [0.1, 0.15) is 0 Å². The Kier molecular flexibility index (Phi) is 3.43. The average Bonchev–Trinajstić information content (AvgIpc) is 2.84. The SMILES string of the molecule is N#Cc1ccnc2c1cc(I)n2S(=O)(=O)c1ccccc1. The molecule has 0 amide bonds. The van der Waals surface area contributed by atoms with Gasteiger partial charge in [0.25, 0.3) is 10.0 Å². The Labute approximate surface area is 135 Å². The summed E-state index contributed by atoms with van der Waals surface area (Å²) in [5.74, 6) is 0. The van der Waals surface area contributed by atoms with Crippen molar-refractivity contribution in [3.05, 3.63) is 57.9 Å². The largest absolute Gasteiger partial charge is 0.270 e. The highest BCUT2D eigenvalue weighted by Gasteiger charge is 2.23. The van der Waals surface area contributed by atoms with Crippen molar-refractivity contribution in [1.82, 2.24) is 8.96 Å². The van der Waals surface area contributed by atoms with Crippen LogP contribution >= 0.6 is 22.6 Å². The molecule has 0 fully saturated rings. The van der Waals surface area contributed by atoms with Gasteiger partial charge in [0.05, 0.1) is 20.2 Å². The topological polar surface area (TPSA) is 75.8 Å². The molecular formula is C14H8IN3O2S. The van der Waals surface area contributed by atoms with E-state index in [4.69, 9.17) is 5.26 Å². The minimum atomic E-state index is -3.74. The third-order valence-corrected chi connectivity index (χ3v) is 5.86. The first-order chi connectivity index (χ1) is 10.1. The van der Waals surface area contributed by atoms with Crippen LogP contribution in [0.15, 0.2) is 53.6 Å². The number of fused-ring (bicyclic) bond motifs is 1. The van der Waals surface area contributed by atoms with E-state index in [-0.39, 0.29) is 10.5 Å². The van der Waals surface area contributed by atoms with Gasteiger partial charge in [-0.3, -0.25) is 0 Å². The van der Waals surface area contributed by atoms with Gasteiger partial charge in [0, 0.05) is 11.6 Å². The van der Waals surface area contributed by atoms with Crippen LogP contribution < -0.4 is 0 Å². The predicted molar refractivity (Wildman–Crippen MR) is 86.2 cm³/mol. The van der Waals surface area contributed by atoms with Crippen molar-refractivity contribution in [2.24, 2.45) is 0 Å². The normalized spacial score (nSPS) is 11.4. The van der Waals surface area contributed by atoms with E-state index in [1.807, 2.05) is 22.6 Å². The first-order valence-corrected chi connectivity index (χ1v) is 8.44. The van der Waals surface area contributed by atoms with E-state index in [1.54, 1.807) is 30.3 Å². The zero-order valence-corrected chi connectivity index (χ0v) is 13.5. The highest BCUT2D eigenvalue weighted by Crippen LogP contribution is 2.27. The maximum Gasteiger partial charge on any atom is 0.270 e. The minimum Gasteiger partial charge on any atom is -0.237 e. The van der Waals surface area contributed by atoms with Crippen molar-refractivity contribution >= 4 is 43.6 Å². The third-order valence-electron chi connectivity index (χ3n) is 3.02. The zero-order chi connectivity index (χ0) is 15.0. The molecule has 0 unspecified atom stereocenters. The van der Waals surface area contributed by atoms with Gasteiger partial charge >= 0.3 is 0 Å². The molecule has 7 heteroatoms. The standard InChI is InChI=1S/C14H8IN3O2S/c15-13-8-12-10(9-16)6-7-17-14(12)18(13)21(19,20)11-4-2-1-3-5-11/h1-8H. The third kappa shape index (κ3) is 2.20. The molecule has 0 aliphatic heterocycles. The van der Waals surface area contributed by atoms with Gasteiger partial charge in [-0.25, -0.2) is 17.4 Å². The lowest BCUT2D eigenvalue weighted by Crippen LogP contribution is -2.14. The smallest absolute Gasteiger partial charge is 0.237 e. The number of hydrogen-bond acceptors (Lipinski definition) is 4. The Bertz CT molecular complexity index is 973. The fourth-order valence-electron chi connectivity index (χ4n) is 2.07. The summed E-state index contributed by atoms with van der Waals surface area (Å²) in [6.45, 7) is 0. The molecule has 0 bridgehead atoms. The Morgan fingerprint density at radius 2 is 1.90 bits per heavy atom. The number of halogens is 1. The molecule has 1 aromatic carbocycles. The van der Waals surface area contributed by atoms with Gasteiger partial charge < -0.3 is 0 Å². The number of benzene rings is 1. The summed E-state index contributed by atoms with van der Waals surface area (Å²) in [4.78, 5) is 4.32. The van der Waals surface area contributed by atoms with Gasteiger partial charge in [0.2, 0.25) is 0 Å². The number of nitriles is 1. The summed E-state index contributed by atoms with van der Waals surface area (Å²) in [6, 6.07) is 13.4. The first-order valence-electron chi connectivity index (χ1n) is 5.92. The predicted octanol–water partition coefficient (Wildman–Crippen LogP) is 2.75. The summed E-state index contributed by atoms with van der Waals surface area (Å²) < 4.78 is 27.2. The van der Waals surface area contributed by atoms with Crippen molar-refractivity contribution in [2.45, 2.75) is 4.90 Å². The van der Waals surface area contributed by atoms with Crippen LogP contribution in [0.1, 0.15) is 5.56 Å². The van der Waals surface area contributed by atoms with Gasteiger partial charge in [-0.1, -0.05) is 18.2 Å². The minimum absolute atomic E-state index is 0.185. The molecule has 104 valence electrons.